The standard InChI is InChI=1S/C29H37N5O4/c1-20(2)21-11-13-22(14-12-21)28(29(36)30-17-23-7-5-15-37-23)33(18-24-8-6-16-38-24)27(35)19-34-26-10-4-3-9-25(26)31-32-34/h3-4,9-14,20,23-24,28H,5-8,15-19H2,1-2H3,(H,30,36)/t23-,24-,28-/m1/s1. The Morgan fingerprint density at radius 2 is 1.68 bits per heavy atom. The average Bonchev–Trinajstić information content (AvgIpc) is 3.71. The minimum absolute atomic E-state index is 0.00625. The number of nitrogens with zero attached hydrogens (tertiary/aromatic N) is 4. The summed E-state index contributed by atoms with van der Waals surface area (Å²) in [5.41, 5.74) is 3.45. The van der Waals surface area contributed by atoms with Gasteiger partial charge < -0.3 is 19.7 Å². The predicted octanol–water partition coefficient (Wildman–Crippen LogP) is 3.60. The molecule has 2 saturated heterocycles. The Hall–Kier alpha value is -3.30. The quantitative estimate of drug-likeness (QED) is 0.440. The van der Waals surface area contributed by atoms with Crippen LogP contribution in [0, 0.1) is 0 Å². The van der Waals surface area contributed by atoms with E-state index in [-0.39, 0.29) is 30.6 Å². The largest absolute Gasteiger partial charge is 0.376 e. The van der Waals surface area contributed by atoms with Crippen molar-refractivity contribution >= 4 is 22.8 Å². The Balaban J connectivity index is 1.46. The molecule has 5 rings (SSSR count). The van der Waals surface area contributed by atoms with Crippen molar-refractivity contribution in [1.29, 1.82) is 0 Å². The lowest BCUT2D eigenvalue weighted by molar-refractivity contribution is -0.143. The van der Waals surface area contributed by atoms with Gasteiger partial charge in [0.15, 0.2) is 0 Å². The number of nitrogens with one attached hydrogen (secondary N) is 1. The molecule has 9 nitrogen and oxygen atoms in total. The first-order valence-corrected chi connectivity index (χ1v) is 13.7. The normalized spacial score (nSPS) is 20.2. The van der Waals surface area contributed by atoms with E-state index in [4.69, 9.17) is 9.47 Å². The summed E-state index contributed by atoms with van der Waals surface area (Å²) >= 11 is 0. The molecule has 0 radical (unpaired) electrons. The lowest BCUT2D eigenvalue weighted by Crippen LogP contribution is -2.48. The maximum atomic E-state index is 14.0. The minimum atomic E-state index is -0.802. The molecule has 38 heavy (non-hydrogen) atoms. The zero-order valence-electron chi connectivity index (χ0n) is 22.2. The van der Waals surface area contributed by atoms with Crippen molar-refractivity contribution in [2.75, 3.05) is 26.3 Å². The first-order valence-electron chi connectivity index (χ1n) is 13.7. The number of hydrogen-bond donors (Lipinski definition) is 1. The second-order valence-corrected chi connectivity index (χ2v) is 10.5. The topological polar surface area (TPSA) is 98.6 Å². The summed E-state index contributed by atoms with van der Waals surface area (Å²) in [6.07, 6.45) is 3.61. The molecule has 3 heterocycles. The van der Waals surface area contributed by atoms with Crippen molar-refractivity contribution in [3.63, 3.8) is 0 Å². The van der Waals surface area contributed by atoms with Crippen LogP contribution in [0.3, 0.4) is 0 Å². The zero-order valence-corrected chi connectivity index (χ0v) is 22.2. The van der Waals surface area contributed by atoms with Gasteiger partial charge in [0.2, 0.25) is 11.8 Å². The number of amides is 2. The van der Waals surface area contributed by atoms with Crippen LogP contribution in [-0.2, 0) is 25.6 Å². The van der Waals surface area contributed by atoms with Crippen molar-refractivity contribution in [1.82, 2.24) is 25.2 Å². The van der Waals surface area contributed by atoms with Gasteiger partial charge in [0.05, 0.1) is 17.7 Å². The highest BCUT2D eigenvalue weighted by atomic mass is 16.5. The number of benzene rings is 2. The van der Waals surface area contributed by atoms with E-state index in [0.29, 0.717) is 25.6 Å². The molecule has 2 aliphatic rings. The van der Waals surface area contributed by atoms with Crippen LogP contribution in [-0.4, -0.2) is 70.2 Å². The van der Waals surface area contributed by atoms with Crippen LogP contribution in [0.5, 0.6) is 0 Å². The number of carbonyl (C=O) groups is 2. The highest BCUT2D eigenvalue weighted by molar-refractivity contribution is 5.89. The molecular weight excluding hydrogens is 482 g/mol. The maximum Gasteiger partial charge on any atom is 0.247 e. The Kier molecular flexibility index (Phi) is 8.34. The number of para-hydroxylation sites is 1. The minimum Gasteiger partial charge on any atom is -0.376 e. The number of carbonyl (C=O) groups excluding carboxylic acids is 2. The van der Waals surface area contributed by atoms with E-state index in [9.17, 15) is 9.59 Å². The lowest BCUT2D eigenvalue weighted by atomic mass is 9.97. The SMILES string of the molecule is CC(C)c1ccc([C@H](C(=O)NC[C@H]2CCCO2)N(C[C@H]2CCCO2)C(=O)Cn2nnc3ccccc32)cc1. The van der Waals surface area contributed by atoms with Crippen molar-refractivity contribution in [2.24, 2.45) is 0 Å². The molecule has 3 atom stereocenters. The highest BCUT2D eigenvalue weighted by Gasteiger charge is 2.35. The Labute approximate surface area is 223 Å². The van der Waals surface area contributed by atoms with Crippen molar-refractivity contribution in [2.45, 2.75) is 70.2 Å². The predicted molar refractivity (Wildman–Crippen MR) is 143 cm³/mol. The van der Waals surface area contributed by atoms with Gasteiger partial charge in [0, 0.05) is 26.3 Å². The van der Waals surface area contributed by atoms with Gasteiger partial charge in [-0.1, -0.05) is 55.5 Å². The van der Waals surface area contributed by atoms with E-state index in [2.05, 4.69) is 29.5 Å². The molecule has 0 saturated carbocycles. The molecule has 0 unspecified atom stereocenters. The van der Waals surface area contributed by atoms with E-state index < -0.39 is 6.04 Å². The summed E-state index contributed by atoms with van der Waals surface area (Å²) in [6, 6.07) is 14.8. The van der Waals surface area contributed by atoms with Gasteiger partial charge in [-0.25, -0.2) is 4.68 Å². The molecule has 0 spiro atoms. The molecule has 0 aliphatic carbocycles. The smallest absolute Gasteiger partial charge is 0.247 e. The fraction of sp³-hybridized carbons (Fsp3) is 0.517. The van der Waals surface area contributed by atoms with Crippen LogP contribution in [0.15, 0.2) is 48.5 Å². The van der Waals surface area contributed by atoms with Gasteiger partial charge in [-0.05, 0) is 54.9 Å². The van der Waals surface area contributed by atoms with Crippen molar-refractivity contribution < 1.29 is 19.1 Å². The van der Waals surface area contributed by atoms with Gasteiger partial charge >= 0.3 is 0 Å². The molecule has 0 bridgehead atoms. The number of rotatable bonds is 10. The van der Waals surface area contributed by atoms with Gasteiger partial charge in [0.25, 0.3) is 0 Å². The number of ether oxygens (including phenoxy) is 2. The Morgan fingerprint density at radius 3 is 2.37 bits per heavy atom. The van der Waals surface area contributed by atoms with Crippen LogP contribution >= 0.6 is 0 Å². The molecule has 2 aliphatic heterocycles. The Morgan fingerprint density at radius 1 is 1.00 bits per heavy atom. The highest BCUT2D eigenvalue weighted by Crippen LogP contribution is 2.27. The molecule has 9 heteroatoms. The van der Waals surface area contributed by atoms with E-state index in [1.54, 1.807) is 9.58 Å². The lowest BCUT2D eigenvalue weighted by Gasteiger charge is -2.33. The van der Waals surface area contributed by atoms with Gasteiger partial charge in [-0.3, -0.25) is 9.59 Å². The average molecular weight is 520 g/mol. The first kappa shape index (κ1) is 26.3. The maximum absolute atomic E-state index is 14.0. The first-order chi connectivity index (χ1) is 18.5. The third-order valence-electron chi connectivity index (χ3n) is 7.46. The third kappa shape index (κ3) is 6.05. The number of aromatic nitrogens is 3. The summed E-state index contributed by atoms with van der Waals surface area (Å²) in [7, 11) is 0. The van der Waals surface area contributed by atoms with Gasteiger partial charge in [-0.2, -0.15) is 0 Å². The number of hydrogen-bond acceptors (Lipinski definition) is 6. The van der Waals surface area contributed by atoms with Crippen LogP contribution in [0.4, 0.5) is 0 Å². The van der Waals surface area contributed by atoms with Crippen LogP contribution in [0.2, 0.25) is 0 Å². The van der Waals surface area contributed by atoms with E-state index in [1.165, 1.54) is 5.56 Å². The van der Waals surface area contributed by atoms with Gasteiger partial charge in [-0.15, -0.1) is 5.10 Å². The monoisotopic (exact) mass is 519 g/mol. The summed E-state index contributed by atoms with van der Waals surface area (Å²) in [6.45, 7) is 6.39. The van der Waals surface area contributed by atoms with Crippen molar-refractivity contribution in [3.8, 4) is 0 Å². The van der Waals surface area contributed by atoms with Gasteiger partial charge in [0.1, 0.15) is 18.1 Å². The summed E-state index contributed by atoms with van der Waals surface area (Å²) in [5, 5.41) is 11.5. The fourth-order valence-electron chi connectivity index (χ4n) is 5.26. The summed E-state index contributed by atoms with van der Waals surface area (Å²) in [5.74, 6) is -0.0602. The fourth-order valence-corrected chi connectivity index (χ4v) is 5.26. The molecular formula is C29H37N5O4. The summed E-state index contributed by atoms with van der Waals surface area (Å²) < 4.78 is 13.2. The van der Waals surface area contributed by atoms with Crippen LogP contribution in [0.25, 0.3) is 11.0 Å². The molecule has 1 aromatic heterocycles. The van der Waals surface area contributed by atoms with E-state index in [1.807, 2.05) is 48.5 Å². The molecule has 1 N–H and O–H groups in total. The molecule has 202 valence electrons. The van der Waals surface area contributed by atoms with Crippen LogP contribution < -0.4 is 5.32 Å². The molecule has 3 aromatic rings. The number of fused-ring (bicyclic) bond motifs is 1. The zero-order chi connectivity index (χ0) is 26.5. The second kappa shape index (κ2) is 12.0. The third-order valence-corrected chi connectivity index (χ3v) is 7.46. The molecule has 2 amide bonds. The van der Waals surface area contributed by atoms with E-state index >= 15 is 0 Å². The molecule has 2 fully saturated rings. The molecule has 2 aromatic carbocycles. The second-order valence-electron chi connectivity index (χ2n) is 10.5. The Bertz CT molecular complexity index is 1230. The van der Waals surface area contributed by atoms with Crippen molar-refractivity contribution in [3.05, 3.63) is 59.7 Å². The van der Waals surface area contributed by atoms with Crippen LogP contribution in [0.1, 0.15) is 62.6 Å². The summed E-state index contributed by atoms with van der Waals surface area (Å²) in [4.78, 5) is 29.5. The van der Waals surface area contributed by atoms with E-state index in [0.717, 1.165) is 48.9 Å².